The quantitative estimate of drug-likeness (QED) is 0.857. The number of hydrogen-bond donors (Lipinski definition) is 1. The van der Waals surface area contributed by atoms with Crippen molar-refractivity contribution in [1.29, 1.82) is 0 Å². The van der Waals surface area contributed by atoms with E-state index in [0.717, 1.165) is 25.2 Å². The molecule has 3 unspecified atom stereocenters. The summed E-state index contributed by atoms with van der Waals surface area (Å²) in [5, 5.41) is 0.576. The smallest absolute Gasteiger partial charge is 0.126 e. The largest absolute Gasteiger partial charge is 0.325 e. The zero-order valence-electron chi connectivity index (χ0n) is 11.0. The Morgan fingerprint density at radius 1 is 1.44 bits per heavy atom. The fourth-order valence-electron chi connectivity index (χ4n) is 3.01. The predicted molar refractivity (Wildman–Crippen MR) is 74.2 cm³/mol. The zero-order chi connectivity index (χ0) is 13.3. The monoisotopic (exact) mass is 269 g/mol. The molecule has 0 aromatic heterocycles. The van der Waals surface area contributed by atoms with Gasteiger partial charge in [0.25, 0.3) is 0 Å². The van der Waals surface area contributed by atoms with Crippen LogP contribution in [0.15, 0.2) is 18.2 Å². The molecule has 0 heterocycles. The van der Waals surface area contributed by atoms with E-state index in [0.29, 0.717) is 22.9 Å². The molecule has 0 aliphatic heterocycles. The van der Waals surface area contributed by atoms with Crippen LogP contribution in [0.25, 0.3) is 0 Å². The molecule has 2 N–H and O–H groups in total. The number of rotatable bonds is 2. The van der Waals surface area contributed by atoms with Gasteiger partial charge in [0.05, 0.1) is 0 Å². The summed E-state index contributed by atoms with van der Waals surface area (Å²) in [5.41, 5.74) is 6.86. The first kappa shape index (κ1) is 13.8. The summed E-state index contributed by atoms with van der Waals surface area (Å²) < 4.78 is 13.8. The van der Waals surface area contributed by atoms with Crippen LogP contribution in [-0.2, 0) is 6.42 Å². The highest BCUT2D eigenvalue weighted by atomic mass is 35.5. The fraction of sp³-hybridized carbons (Fsp3) is 0.600. The highest BCUT2D eigenvalue weighted by molar-refractivity contribution is 6.30. The molecule has 1 aliphatic carbocycles. The molecule has 1 saturated carbocycles. The standard InChI is InChI=1S/C15H21ClFN/c1-10-5-6-15(18,11(2)7-10)9-12-8-13(16)3-4-14(12)17/h3-4,8,10-11H,5-7,9,18H2,1-2H3. The maximum Gasteiger partial charge on any atom is 0.126 e. The van der Waals surface area contributed by atoms with Crippen LogP contribution in [0.4, 0.5) is 4.39 Å². The van der Waals surface area contributed by atoms with Crippen LogP contribution < -0.4 is 5.73 Å². The van der Waals surface area contributed by atoms with Gasteiger partial charge in [0.1, 0.15) is 5.82 Å². The second-order valence-corrected chi connectivity index (χ2v) is 6.36. The molecule has 1 fully saturated rings. The third-order valence-corrected chi connectivity index (χ3v) is 4.60. The first-order chi connectivity index (χ1) is 8.40. The van der Waals surface area contributed by atoms with Crippen LogP contribution in [0.1, 0.15) is 38.7 Å². The molecule has 0 saturated heterocycles. The lowest BCUT2D eigenvalue weighted by molar-refractivity contribution is 0.162. The molecule has 0 spiro atoms. The van der Waals surface area contributed by atoms with Gasteiger partial charge in [0.15, 0.2) is 0 Å². The lowest BCUT2D eigenvalue weighted by Gasteiger charge is -2.42. The van der Waals surface area contributed by atoms with Gasteiger partial charge in [-0.25, -0.2) is 4.39 Å². The van der Waals surface area contributed by atoms with E-state index >= 15 is 0 Å². The van der Waals surface area contributed by atoms with Gasteiger partial charge < -0.3 is 5.73 Å². The Hall–Kier alpha value is -0.600. The summed E-state index contributed by atoms with van der Waals surface area (Å²) in [4.78, 5) is 0. The van der Waals surface area contributed by atoms with Crippen molar-refractivity contribution in [2.24, 2.45) is 17.6 Å². The number of halogens is 2. The highest BCUT2D eigenvalue weighted by Crippen LogP contribution is 2.37. The minimum atomic E-state index is -0.294. The van der Waals surface area contributed by atoms with Gasteiger partial charge in [-0.05, 0) is 61.3 Å². The Morgan fingerprint density at radius 2 is 2.17 bits per heavy atom. The van der Waals surface area contributed by atoms with Crippen molar-refractivity contribution >= 4 is 11.6 Å². The van der Waals surface area contributed by atoms with E-state index in [4.69, 9.17) is 17.3 Å². The molecule has 0 radical (unpaired) electrons. The Bertz CT molecular complexity index is 435. The van der Waals surface area contributed by atoms with Gasteiger partial charge in [-0.2, -0.15) is 0 Å². The van der Waals surface area contributed by atoms with Crippen LogP contribution in [0.3, 0.4) is 0 Å². The maximum atomic E-state index is 13.8. The van der Waals surface area contributed by atoms with Gasteiger partial charge in [-0.1, -0.05) is 25.4 Å². The summed E-state index contributed by atoms with van der Waals surface area (Å²) in [6.45, 7) is 4.44. The van der Waals surface area contributed by atoms with Crippen LogP contribution in [0.5, 0.6) is 0 Å². The van der Waals surface area contributed by atoms with Gasteiger partial charge in [0, 0.05) is 10.6 Å². The molecular formula is C15H21ClFN. The van der Waals surface area contributed by atoms with Crippen LogP contribution in [0, 0.1) is 17.7 Å². The average Bonchev–Trinajstić information content (AvgIpc) is 2.30. The number of nitrogens with two attached hydrogens (primary N) is 1. The summed E-state index contributed by atoms with van der Waals surface area (Å²) in [6.07, 6.45) is 3.79. The fourth-order valence-corrected chi connectivity index (χ4v) is 3.21. The Labute approximate surface area is 114 Å². The van der Waals surface area contributed by atoms with E-state index in [-0.39, 0.29) is 11.4 Å². The summed E-state index contributed by atoms with van der Waals surface area (Å²) >= 11 is 5.93. The lowest BCUT2D eigenvalue weighted by Crippen LogP contribution is -2.51. The first-order valence-electron chi connectivity index (χ1n) is 6.63. The van der Waals surface area contributed by atoms with E-state index in [1.165, 1.54) is 6.07 Å². The molecule has 100 valence electrons. The SMILES string of the molecule is CC1CCC(N)(Cc2cc(Cl)ccc2F)C(C)C1. The highest BCUT2D eigenvalue weighted by Gasteiger charge is 2.37. The van der Waals surface area contributed by atoms with Gasteiger partial charge in [-0.3, -0.25) is 0 Å². The van der Waals surface area contributed by atoms with E-state index in [9.17, 15) is 4.39 Å². The third kappa shape index (κ3) is 2.86. The van der Waals surface area contributed by atoms with Crippen LogP contribution >= 0.6 is 11.6 Å². The van der Waals surface area contributed by atoms with Crippen molar-refractivity contribution in [3.8, 4) is 0 Å². The van der Waals surface area contributed by atoms with E-state index in [1.807, 2.05) is 0 Å². The second kappa shape index (κ2) is 5.18. The van der Waals surface area contributed by atoms with Crippen molar-refractivity contribution in [1.82, 2.24) is 0 Å². The van der Waals surface area contributed by atoms with Crippen molar-refractivity contribution < 1.29 is 4.39 Å². The molecule has 1 aromatic rings. The van der Waals surface area contributed by atoms with Crippen molar-refractivity contribution in [2.75, 3.05) is 0 Å². The minimum Gasteiger partial charge on any atom is -0.325 e. The van der Waals surface area contributed by atoms with Gasteiger partial charge in [-0.15, -0.1) is 0 Å². The van der Waals surface area contributed by atoms with Crippen molar-refractivity contribution in [3.05, 3.63) is 34.6 Å². The van der Waals surface area contributed by atoms with E-state index in [1.54, 1.807) is 12.1 Å². The first-order valence-corrected chi connectivity index (χ1v) is 7.01. The molecule has 0 amide bonds. The summed E-state index contributed by atoms with van der Waals surface area (Å²) in [6, 6.07) is 4.71. The molecule has 3 heteroatoms. The summed E-state index contributed by atoms with van der Waals surface area (Å²) in [7, 11) is 0. The second-order valence-electron chi connectivity index (χ2n) is 5.93. The molecule has 1 aromatic carbocycles. The van der Waals surface area contributed by atoms with E-state index in [2.05, 4.69) is 13.8 Å². The molecule has 1 nitrogen and oxygen atoms in total. The number of hydrogen-bond acceptors (Lipinski definition) is 1. The third-order valence-electron chi connectivity index (χ3n) is 4.37. The van der Waals surface area contributed by atoms with Crippen LogP contribution in [0.2, 0.25) is 5.02 Å². The Morgan fingerprint density at radius 3 is 2.83 bits per heavy atom. The Balaban J connectivity index is 2.19. The minimum absolute atomic E-state index is 0.199. The Kier molecular flexibility index (Phi) is 3.98. The van der Waals surface area contributed by atoms with Gasteiger partial charge >= 0.3 is 0 Å². The van der Waals surface area contributed by atoms with Gasteiger partial charge in [0.2, 0.25) is 0 Å². The van der Waals surface area contributed by atoms with E-state index < -0.39 is 0 Å². The van der Waals surface area contributed by atoms with Crippen molar-refractivity contribution in [3.63, 3.8) is 0 Å². The average molecular weight is 270 g/mol. The summed E-state index contributed by atoms with van der Waals surface area (Å²) in [5.74, 6) is 0.940. The van der Waals surface area contributed by atoms with Crippen LogP contribution in [-0.4, -0.2) is 5.54 Å². The van der Waals surface area contributed by atoms with Crippen molar-refractivity contribution in [2.45, 2.75) is 45.1 Å². The molecule has 3 atom stereocenters. The molecular weight excluding hydrogens is 249 g/mol. The molecule has 0 bridgehead atoms. The molecule has 2 rings (SSSR count). The zero-order valence-corrected chi connectivity index (χ0v) is 11.8. The maximum absolute atomic E-state index is 13.8. The number of benzene rings is 1. The topological polar surface area (TPSA) is 26.0 Å². The lowest BCUT2D eigenvalue weighted by atomic mass is 9.68. The predicted octanol–water partition coefficient (Wildman–Crippen LogP) is 4.18. The molecule has 18 heavy (non-hydrogen) atoms. The molecule has 1 aliphatic rings. The normalized spacial score (nSPS) is 32.5.